The second-order valence-electron chi connectivity index (χ2n) is 8.59. The quantitative estimate of drug-likeness (QED) is 0.206. The number of unbranched alkanes of at least 4 members (excludes halogenated alkanes) is 3. The summed E-state index contributed by atoms with van der Waals surface area (Å²) in [5.41, 5.74) is 1.74. The highest BCUT2D eigenvalue weighted by molar-refractivity contribution is 7.99. The third-order valence-electron chi connectivity index (χ3n) is 6.29. The lowest BCUT2D eigenvalue weighted by atomic mass is 9.90. The van der Waals surface area contributed by atoms with Crippen molar-refractivity contribution in [3.8, 4) is 11.4 Å². The largest absolute Gasteiger partial charge is 0.497 e. The summed E-state index contributed by atoms with van der Waals surface area (Å²) >= 11 is 3.29. The number of hydrogen-bond acceptors (Lipinski definition) is 6. The Kier molecular flexibility index (Phi) is 7.27. The average Bonchev–Trinajstić information content (AvgIpc) is 3.16. The van der Waals surface area contributed by atoms with Crippen LogP contribution in [-0.2, 0) is 17.8 Å². The van der Waals surface area contributed by atoms with Crippen LogP contribution < -0.4 is 10.3 Å². The van der Waals surface area contributed by atoms with Gasteiger partial charge in [-0.25, -0.2) is 4.98 Å². The van der Waals surface area contributed by atoms with Crippen LogP contribution in [0.25, 0.3) is 15.9 Å². The molecule has 0 bridgehead atoms. The first kappa shape index (κ1) is 23.3. The molecule has 1 aliphatic rings. The molecule has 0 fully saturated rings. The Labute approximate surface area is 198 Å². The van der Waals surface area contributed by atoms with Gasteiger partial charge in [-0.1, -0.05) is 44.9 Å². The highest BCUT2D eigenvalue weighted by atomic mass is 32.2. The normalized spacial score (nSPS) is 18.1. The number of nitrogens with zero attached hydrogens (tertiary/aromatic N) is 2. The van der Waals surface area contributed by atoms with Crippen molar-refractivity contribution in [2.24, 2.45) is 0 Å². The molecule has 3 heterocycles. The summed E-state index contributed by atoms with van der Waals surface area (Å²) in [6.07, 6.45) is 6.45. The zero-order valence-electron chi connectivity index (χ0n) is 19.4. The molecule has 7 heteroatoms. The summed E-state index contributed by atoms with van der Waals surface area (Å²) < 4.78 is 13.2. The SMILES string of the molecule is CCCCCCSc1nc2sc3c(c2c(=O)n1-c1ccc(OC)cc1)C[C@](C)(CC)OC3. The van der Waals surface area contributed by atoms with Gasteiger partial charge in [-0.3, -0.25) is 9.36 Å². The lowest BCUT2D eigenvalue weighted by Gasteiger charge is -2.32. The van der Waals surface area contributed by atoms with Gasteiger partial charge in [0.05, 0.1) is 30.4 Å². The minimum absolute atomic E-state index is 0.0223. The number of thiophene rings is 1. The molecule has 0 unspecified atom stereocenters. The summed E-state index contributed by atoms with van der Waals surface area (Å²) in [4.78, 5) is 20.9. The molecule has 0 aliphatic carbocycles. The van der Waals surface area contributed by atoms with Crippen molar-refractivity contribution in [1.82, 2.24) is 9.55 Å². The summed E-state index contributed by atoms with van der Waals surface area (Å²) in [7, 11) is 1.65. The van der Waals surface area contributed by atoms with E-state index in [2.05, 4.69) is 20.8 Å². The molecule has 0 saturated carbocycles. The van der Waals surface area contributed by atoms with Gasteiger partial charge in [0.1, 0.15) is 10.6 Å². The standard InChI is InChI=1S/C25H32N2O3S2/c1-5-7-8-9-14-31-24-26-22-21(19-15-25(3,6-2)30-16-20(19)32-22)23(28)27(24)17-10-12-18(29-4)13-11-17/h10-13H,5-9,14-16H2,1-4H3/t25-/m0/s1. The molecule has 0 saturated heterocycles. The number of methoxy groups -OCH3 is 1. The molecule has 5 nitrogen and oxygen atoms in total. The van der Waals surface area contributed by atoms with E-state index in [1.54, 1.807) is 34.8 Å². The Morgan fingerprint density at radius 3 is 2.69 bits per heavy atom. The van der Waals surface area contributed by atoms with Crippen molar-refractivity contribution < 1.29 is 9.47 Å². The molecule has 2 aromatic heterocycles. The number of aromatic nitrogens is 2. The Morgan fingerprint density at radius 1 is 1.22 bits per heavy atom. The second kappa shape index (κ2) is 9.98. The number of hydrogen-bond donors (Lipinski definition) is 0. The van der Waals surface area contributed by atoms with Crippen LogP contribution in [0.5, 0.6) is 5.75 Å². The maximum atomic E-state index is 13.9. The van der Waals surface area contributed by atoms with Gasteiger partial charge in [-0.2, -0.15) is 0 Å². The van der Waals surface area contributed by atoms with Gasteiger partial charge < -0.3 is 9.47 Å². The van der Waals surface area contributed by atoms with Crippen molar-refractivity contribution in [2.75, 3.05) is 12.9 Å². The summed E-state index contributed by atoms with van der Waals surface area (Å²) in [6.45, 7) is 7.05. The Balaban J connectivity index is 1.81. The monoisotopic (exact) mass is 472 g/mol. The maximum Gasteiger partial charge on any atom is 0.267 e. The molecule has 4 rings (SSSR count). The molecule has 1 aliphatic heterocycles. The van der Waals surface area contributed by atoms with E-state index in [1.165, 1.54) is 19.3 Å². The van der Waals surface area contributed by atoms with Crippen LogP contribution in [0.2, 0.25) is 0 Å². The van der Waals surface area contributed by atoms with Gasteiger partial charge in [-0.15, -0.1) is 11.3 Å². The molecule has 32 heavy (non-hydrogen) atoms. The first-order chi connectivity index (χ1) is 15.5. The van der Waals surface area contributed by atoms with Gasteiger partial charge in [0.15, 0.2) is 5.16 Å². The molecule has 1 aromatic carbocycles. The fourth-order valence-electron chi connectivity index (χ4n) is 4.08. The van der Waals surface area contributed by atoms with E-state index in [1.807, 2.05) is 24.3 Å². The van der Waals surface area contributed by atoms with Crippen LogP contribution in [0.4, 0.5) is 0 Å². The van der Waals surface area contributed by atoms with Crippen LogP contribution in [-0.4, -0.2) is 28.0 Å². The topological polar surface area (TPSA) is 53.4 Å². The van der Waals surface area contributed by atoms with Gasteiger partial charge in [0.2, 0.25) is 0 Å². The Morgan fingerprint density at radius 2 is 2.00 bits per heavy atom. The van der Waals surface area contributed by atoms with Crippen LogP contribution in [0.15, 0.2) is 34.2 Å². The lowest BCUT2D eigenvalue weighted by Crippen LogP contribution is -2.34. The summed E-state index contributed by atoms with van der Waals surface area (Å²) in [5.74, 6) is 1.73. The van der Waals surface area contributed by atoms with E-state index in [-0.39, 0.29) is 11.2 Å². The van der Waals surface area contributed by atoms with Crippen LogP contribution >= 0.6 is 23.1 Å². The third-order valence-corrected chi connectivity index (χ3v) is 8.41. The molecular formula is C25H32N2O3S2. The van der Waals surface area contributed by atoms with Crippen LogP contribution in [0, 0.1) is 0 Å². The number of rotatable bonds is 9. The molecule has 0 N–H and O–H groups in total. The number of thioether (sulfide) groups is 1. The molecular weight excluding hydrogens is 440 g/mol. The molecule has 3 aromatic rings. The lowest BCUT2D eigenvalue weighted by molar-refractivity contribution is -0.0543. The highest BCUT2D eigenvalue weighted by Crippen LogP contribution is 2.39. The van der Waals surface area contributed by atoms with E-state index in [9.17, 15) is 4.79 Å². The molecule has 0 amide bonds. The first-order valence-corrected chi connectivity index (χ1v) is 13.3. The fourth-order valence-corrected chi connectivity index (χ4v) is 6.23. The average molecular weight is 473 g/mol. The Bertz CT molecular complexity index is 1140. The zero-order valence-corrected chi connectivity index (χ0v) is 21.0. The van der Waals surface area contributed by atoms with E-state index in [4.69, 9.17) is 14.5 Å². The predicted octanol–water partition coefficient (Wildman–Crippen LogP) is 6.37. The molecule has 0 spiro atoms. The first-order valence-electron chi connectivity index (χ1n) is 11.5. The smallest absolute Gasteiger partial charge is 0.267 e. The minimum atomic E-state index is -0.231. The van der Waals surface area contributed by atoms with Crippen LogP contribution in [0.1, 0.15) is 63.3 Å². The number of benzene rings is 1. The van der Waals surface area contributed by atoms with Gasteiger partial charge in [0, 0.05) is 17.1 Å². The zero-order chi connectivity index (χ0) is 22.7. The highest BCUT2D eigenvalue weighted by Gasteiger charge is 2.33. The van der Waals surface area contributed by atoms with E-state index in [0.29, 0.717) is 6.61 Å². The van der Waals surface area contributed by atoms with E-state index < -0.39 is 0 Å². The number of ether oxygens (including phenoxy) is 2. The van der Waals surface area contributed by atoms with Crippen molar-refractivity contribution >= 4 is 33.3 Å². The van der Waals surface area contributed by atoms with E-state index >= 15 is 0 Å². The maximum absolute atomic E-state index is 13.9. The van der Waals surface area contributed by atoms with Crippen molar-refractivity contribution in [2.45, 2.75) is 76.7 Å². The van der Waals surface area contributed by atoms with Crippen molar-refractivity contribution in [1.29, 1.82) is 0 Å². The fraction of sp³-hybridized carbons (Fsp3) is 0.520. The second-order valence-corrected chi connectivity index (χ2v) is 10.7. The number of fused-ring (bicyclic) bond motifs is 3. The predicted molar refractivity (Wildman–Crippen MR) is 134 cm³/mol. The molecule has 172 valence electrons. The Hall–Kier alpha value is -1.83. The summed E-state index contributed by atoms with van der Waals surface area (Å²) in [5, 5.41) is 1.53. The van der Waals surface area contributed by atoms with Crippen molar-refractivity contribution in [3.63, 3.8) is 0 Å². The summed E-state index contributed by atoms with van der Waals surface area (Å²) in [6, 6.07) is 7.67. The van der Waals surface area contributed by atoms with E-state index in [0.717, 1.165) is 62.3 Å². The van der Waals surface area contributed by atoms with Gasteiger partial charge in [-0.05, 0) is 49.6 Å². The third kappa shape index (κ3) is 4.61. The minimum Gasteiger partial charge on any atom is -0.497 e. The van der Waals surface area contributed by atoms with Crippen LogP contribution in [0.3, 0.4) is 0 Å². The molecule has 1 atom stereocenters. The van der Waals surface area contributed by atoms with Gasteiger partial charge >= 0.3 is 0 Å². The van der Waals surface area contributed by atoms with Crippen molar-refractivity contribution in [3.05, 3.63) is 45.1 Å². The van der Waals surface area contributed by atoms with Gasteiger partial charge in [0.25, 0.3) is 5.56 Å². The molecule has 0 radical (unpaired) electrons.